The van der Waals surface area contributed by atoms with Crippen LogP contribution in [-0.4, -0.2) is 12.5 Å². The molecular weight excluding hydrogens is 485 g/mol. The number of fused-ring (bicyclic) bond motifs is 1. The first kappa shape index (κ1) is 24.9. The molecule has 0 aliphatic heterocycles. The number of amides is 1. The van der Waals surface area contributed by atoms with Crippen LogP contribution < -0.4 is 15.5 Å². The lowest BCUT2D eigenvalue weighted by Crippen LogP contribution is -2.21. The first-order chi connectivity index (χ1) is 17.1. The molecule has 0 saturated carbocycles. The Hall–Kier alpha value is -4.21. The molecule has 36 heavy (non-hydrogen) atoms. The predicted octanol–water partition coefficient (Wildman–Crippen LogP) is 6.30. The smallest absolute Gasteiger partial charge is 0.262 e. The van der Waals surface area contributed by atoms with Gasteiger partial charge in [0, 0.05) is 17.3 Å². The molecule has 0 fully saturated rings. The van der Waals surface area contributed by atoms with E-state index in [9.17, 15) is 31.5 Å². The van der Waals surface area contributed by atoms with Crippen LogP contribution in [0.1, 0.15) is 25.3 Å². The molecule has 0 aliphatic rings. The molecule has 4 rings (SSSR count). The number of hydrogen-bond donors (Lipinski definition) is 1. The summed E-state index contributed by atoms with van der Waals surface area (Å²) in [4.78, 5) is 24.8. The van der Waals surface area contributed by atoms with Gasteiger partial charge >= 0.3 is 0 Å². The minimum atomic E-state index is -2.34. The van der Waals surface area contributed by atoms with Crippen LogP contribution in [0.25, 0.3) is 22.3 Å². The fourth-order valence-electron chi connectivity index (χ4n) is 3.45. The van der Waals surface area contributed by atoms with E-state index >= 15 is 0 Å². The molecule has 0 unspecified atom stereocenters. The van der Waals surface area contributed by atoms with Crippen molar-refractivity contribution in [3.63, 3.8) is 0 Å². The van der Waals surface area contributed by atoms with Gasteiger partial charge in [0.1, 0.15) is 11.3 Å². The molecule has 0 saturated heterocycles. The summed E-state index contributed by atoms with van der Waals surface area (Å²) in [5.74, 6) is -13.0. The van der Waals surface area contributed by atoms with Gasteiger partial charge in [-0.15, -0.1) is 0 Å². The number of nitrogens with one attached hydrogen (secondary N) is 1. The van der Waals surface area contributed by atoms with Crippen molar-refractivity contribution in [2.45, 2.75) is 19.8 Å². The van der Waals surface area contributed by atoms with Gasteiger partial charge in [0.05, 0.1) is 5.39 Å². The van der Waals surface area contributed by atoms with Crippen molar-refractivity contribution in [1.82, 2.24) is 0 Å². The second-order valence-corrected chi connectivity index (χ2v) is 8.20. The molecule has 4 aromatic rings. The van der Waals surface area contributed by atoms with E-state index in [0.29, 0.717) is 17.2 Å². The Morgan fingerprint density at radius 2 is 1.50 bits per heavy atom. The summed E-state index contributed by atoms with van der Waals surface area (Å²) in [6.45, 7) is 3.07. The van der Waals surface area contributed by atoms with Crippen molar-refractivity contribution in [3.05, 3.63) is 93.4 Å². The Kier molecular flexibility index (Phi) is 6.78. The van der Waals surface area contributed by atoms with Crippen LogP contribution in [0.15, 0.2) is 57.7 Å². The van der Waals surface area contributed by atoms with E-state index in [1.165, 1.54) is 24.3 Å². The van der Waals surface area contributed by atoms with E-state index in [-0.39, 0.29) is 22.1 Å². The molecule has 5 nitrogen and oxygen atoms in total. The third kappa shape index (κ3) is 4.79. The van der Waals surface area contributed by atoms with Gasteiger partial charge in [-0.3, -0.25) is 9.59 Å². The van der Waals surface area contributed by atoms with E-state index in [4.69, 9.17) is 4.42 Å². The molecule has 0 atom stereocenters. The normalized spacial score (nSPS) is 11.2. The van der Waals surface area contributed by atoms with Crippen LogP contribution in [0.3, 0.4) is 0 Å². The van der Waals surface area contributed by atoms with E-state index in [2.05, 4.69) is 23.9 Å². The lowest BCUT2D eigenvalue weighted by atomic mass is 10.0. The Morgan fingerprint density at radius 3 is 2.11 bits per heavy atom. The van der Waals surface area contributed by atoms with E-state index in [1.807, 2.05) is 24.3 Å². The minimum Gasteiger partial charge on any atom is -0.477 e. The number of ether oxygens (including phenoxy) is 1. The second-order valence-electron chi connectivity index (χ2n) is 8.20. The topological polar surface area (TPSA) is 68.5 Å². The highest BCUT2D eigenvalue weighted by Crippen LogP contribution is 2.29. The van der Waals surface area contributed by atoms with Gasteiger partial charge < -0.3 is 14.5 Å². The summed E-state index contributed by atoms with van der Waals surface area (Å²) < 4.78 is 77.4. The maximum atomic E-state index is 13.7. The zero-order valence-corrected chi connectivity index (χ0v) is 18.9. The third-order valence-corrected chi connectivity index (χ3v) is 5.39. The number of hydrogen-bond acceptors (Lipinski definition) is 4. The lowest BCUT2D eigenvalue weighted by Gasteiger charge is -2.11. The fraction of sp³-hybridized carbons (Fsp3) is 0.154. The average Bonchev–Trinajstić information content (AvgIpc) is 2.86. The van der Waals surface area contributed by atoms with Gasteiger partial charge in [-0.1, -0.05) is 38.1 Å². The lowest BCUT2D eigenvalue weighted by molar-refractivity contribution is -0.118. The molecule has 1 N–H and O–H groups in total. The van der Waals surface area contributed by atoms with E-state index < -0.39 is 47.3 Å². The highest BCUT2D eigenvalue weighted by Gasteiger charge is 2.27. The van der Waals surface area contributed by atoms with Crippen molar-refractivity contribution in [1.29, 1.82) is 0 Å². The standard InChI is InChI=1S/C26H18F5NO4/c1-12(2)13-3-5-14(6-4-13)19-10-17(33)16-9-15(7-8-18(16)36-19)32-20(34)11-35-26-24(30)22(28)21(27)23(29)25(26)31/h3-10,12H,11H2,1-2H3,(H,32,34). The quantitative estimate of drug-likeness (QED) is 0.191. The third-order valence-electron chi connectivity index (χ3n) is 5.39. The zero-order chi connectivity index (χ0) is 26.1. The Bertz CT molecular complexity index is 1500. The highest BCUT2D eigenvalue weighted by molar-refractivity contribution is 5.94. The maximum absolute atomic E-state index is 13.7. The monoisotopic (exact) mass is 503 g/mol. The Morgan fingerprint density at radius 1 is 0.889 bits per heavy atom. The van der Waals surface area contributed by atoms with Gasteiger partial charge in [0.15, 0.2) is 17.8 Å². The van der Waals surface area contributed by atoms with Crippen molar-refractivity contribution in [3.8, 4) is 17.1 Å². The summed E-state index contributed by atoms with van der Waals surface area (Å²) in [7, 11) is 0. The molecule has 0 radical (unpaired) electrons. The van der Waals surface area contributed by atoms with Gasteiger partial charge in [-0.25, -0.2) is 13.2 Å². The van der Waals surface area contributed by atoms with Crippen LogP contribution in [0, 0.1) is 29.1 Å². The maximum Gasteiger partial charge on any atom is 0.262 e. The first-order valence-corrected chi connectivity index (χ1v) is 10.7. The first-order valence-electron chi connectivity index (χ1n) is 10.7. The van der Waals surface area contributed by atoms with E-state index in [1.54, 1.807) is 0 Å². The number of halogens is 5. The molecule has 0 aliphatic carbocycles. The summed E-state index contributed by atoms with van der Waals surface area (Å²) in [5, 5.41) is 2.47. The molecule has 3 aromatic carbocycles. The molecule has 0 bridgehead atoms. The number of rotatable bonds is 6. The Labute approximate surface area is 201 Å². The molecule has 1 heterocycles. The van der Waals surface area contributed by atoms with Gasteiger partial charge in [0.2, 0.25) is 29.1 Å². The van der Waals surface area contributed by atoms with Crippen molar-refractivity contribution < 1.29 is 35.9 Å². The summed E-state index contributed by atoms with van der Waals surface area (Å²) in [5.41, 5.74) is 1.83. The molecule has 0 spiro atoms. The van der Waals surface area contributed by atoms with Crippen LogP contribution in [0.5, 0.6) is 5.75 Å². The number of carbonyl (C=O) groups is 1. The van der Waals surface area contributed by atoms with Crippen molar-refractivity contribution in [2.24, 2.45) is 0 Å². The fourth-order valence-corrected chi connectivity index (χ4v) is 3.45. The molecule has 10 heteroatoms. The summed E-state index contributed by atoms with van der Waals surface area (Å²) in [6, 6.07) is 13.1. The zero-order valence-electron chi connectivity index (χ0n) is 18.9. The van der Waals surface area contributed by atoms with Gasteiger partial charge in [-0.2, -0.15) is 8.78 Å². The number of carbonyl (C=O) groups excluding carboxylic acids is 1. The average molecular weight is 503 g/mol. The van der Waals surface area contributed by atoms with Crippen molar-refractivity contribution in [2.75, 3.05) is 11.9 Å². The molecule has 1 aromatic heterocycles. The second kappa shape index (κ2) is 9.80. The minimum absolute atomic E-state index is 0.120. The molecule has 186 valence electrons. The van der Waals surface area contributed by atoms with Gasteiger partial charge in [-0.05, 0) is 29.7 Å². The van der Waals surface area contributed by atoms with Crippen LogP contribution in [-0.2, 0) is 4.79 Å². The summed E-state index contributed by atoms with van der Waals surface area (Å²) in [6.07, 6.45) is 0. The highest BCUT2D eigenvalue weighted by atomic mass is 19.2. The van der Waals surface area contributed by atoms with Crippen molar-refractivity contribution >= 4 is 22.6 Å². The number of benzene rings is 3. The largest absolute Gasteiger partial charge is 0.477 e. The molecule has 1 amide bonds. The van der Waals surface area contributed by atoms with Crippen LogP contribution in [0.2, 0.25) is 0 Å². The summed E-state index contributed by atoms with van der Waals surface area (Å²) >= 11 is 0. The molecular formula is C26H18F5NO4. The Balaban J connectivity index is 1.51. The number of anilines is 1. The van der Waals surface area contributed by atoms with E-state index in [0.717, 1.165) is 5.56 Å². The SMILES string of the molecule is CC(C)c1ccc(-c2cc(=O)c3cc(NC(=O)COc4c(F)c(F)c(F)c(F)c4F)ccc3o2)cc1. The predicted molar refractivity (Wildman–Crippen MR) is 122 cm³/mol. The van der Waals surface area contributed by atoms with Crippen LogP contribution in [0.4, 0.5) is 27.6 Å². The van der Waals surface area contributed by atoms with Crippen LogP contribution >= 0.6 is 0 Å². The van der Waals surface area contributed by atoms with Gasteiger partial charge in [0.25, 0.3) is 5.91 Å².